The highest BCUT2D eigenvalue weighted by molar-refractivity contribution is 7.48. The number of aromatic nitrogens is 12. The first-order valence-corrected chi connectivity index (χ1v) is 28.1. The van der Waals surface area contributed by atoms with Gasteiger partial charge in [-0.15, -0.1) is 0 Å². The summed E-state index contributed by atoms with van der Waals surface area (Å²) in [5.41, 5.74) is 14.4. The summed E-state index contributed by atoms with van der Waals surface area (Å²) in [6.07, 6.45) is -11.0. The molecule has 0 spiro atoms. The summed E-state index contributed by atoms with van der Waals surface area (Å²) >= 11 is 0. The molecule has 37 nitrogen and oxygen atoms in total. The number of imidazole rings is 2. The minimum absolute atomic E-state index is 0.0578. The Balaban J connectivity index is 0.835. The van der Waals surface area contributed by atoms with Crippen molar-refractivity contribution in [2.45, 2.75) is 106 Å². The molecule has 13 N–H and O–H groups in total. The molecule has 4 aliphatic rings. The number of nitrogens with zero attached hydrogens (tertiary/aromatic N) is 10. The predicted molar refractivity (Wildman–Crippen MR) is 260 cm³/mol. The zero-order valence-corrected chi connectivity index (χ0v) is 43.5. The molecular formula is C39H50N15O22P3. The molecule has 0 bridgehead atoms. The highest BCUT2D eigenvalue weighted by atomic mass is 31.2. The number of nitrogens with one attached hydrogen (secondary N) is 2. The Morgan fingerprint density at radius 3 is 1.76 bits per heavy atom. The Labute approximate surface area is 439 Å². The van der Waals surface area contributed by atoms with Gasteiger partial charge in [-0.1, -0.05) is 0 Å². The van der Waals surface area contributed by atoms with Crippen molar-refractivity contribution in [3.63, 3.8) is 0 Å². The minimum atomic E-state index is -5.40. The van der Waals surface area contributed by atoms with Crippen LogP contribution in [0.4, 0.5) is 17.6 Å². The van der Waals surface area contributed by atoms with Crippen LogP contribution in [0.2, 0.25) is 0 Å². The van der Waals surface area contributed by atoms with Gasteiger partial charge < -0.3 is 61.0 Å². The summed E-state index contributed by atoms with van der Waals surface area (Å²) in [6.45, 7) is -1.94. The molecule has 0 aromatic carbocycles. The first-order chi connectivity index (χ1) is 37.4. The van der Waals surface area contributed by atoms with Gasteiger partial charge in [0.25, 0.3) is 11.1 Å². The van der Waals surface area contributed by atoms with Gasteiger partial charge in [-0.25, -0.2) is 43.2 Å². The van der Waals surface area contributed by atoms with E-state index in [0.717, 1.165) is 21.7 Å². The number of phosphoric acid groups is 3. The summed E-state index contributed by atoms with van der Waals surface area (Å²) < 4.78 is 102. The van der Waals surface area contributed by atoms with Crippen LogP contribution in [0.15, 0.2) is 56.6 Å². The summed E-state index contributed by atoms with van der Waals surface area (Å²) in [5, 5.41) is 20.8. The molecule has 0 saturated carbocycles. The van der Waals surface area contributed by atoms with Crippen molar-refractivity contribution in [2.24, 2.45) is 0 Å². The Hall–Kier alpha value is -6.05. The molecule has 15 atom stereocenters. The maximum atomic E-state index is 13.9. The average Bonchev–Trinajstić information content (AvgIpc) is 4.43. The number of rotatable bonds is 20. The highest BCUT2D eigenvalue weighted by Crippen LogP contribution is 2.54. The Morgan fingerprint density at radius 1 is 0.646 bits per heavy atom. The second-order valence-electron chi connectivity index (χ2n) is 18.3. The number of H-pyrrole nitrogens is 2. The van der Waals surface area contributed by atoms with Gasteiger partial charge in [-0.05, 0) is 13.0 Å². The van der Waals surface area contributed by atoms with Crippen LogP contribution in [0, 0.1) is 6.92 Å². The largest absolute Gasteiger partial charge is 0.472 e. The van der Waals surface area contributed by atoms with Crippen LogP contribution < -0.4 is 39.7 Å². The van der Waals surface area contributed by atoms with Crippen LogP contribution in [0.3, 0.4) is 0 Å². The van der Waals surface area contributed by atoms with Crippen LogP contribution in [0.1, 0.15) is 56.2 Å². The Bertz CT molecular complexity index is 3650. The molecule has 4 saturated heterocycles. The third-order valence-electron chi connectivity index (χ3n) is 13.0. The molecule has 10 heterocycles. The quantitative estimate of drug-likeness (QED) is 0.0364. The highest BCUT2D eigenvalue weighted by Gasteiger charge is 2.48. The van der Waals surface area contributed by atoms with Crippen LogP contribution >= 0.6 is 23.5 Å². The van der Waals surface area contributed by atoms with Crippen molar-refractivity contribution in [2.75, 3.05) is 43.6 Å². The van der Waals surface area contributed by atoms with E-state index in [4.69, 9.17) is 63.3 Å². The second-order valence-corrected chi connectivity index (χ2v) is 22.5. The van der Waals surface area contributed by atoms with Crippen molar-refractivity contribution >= 4 is 63.4 Å². The number of phosphoric ester groups is 3. The van der Waals surface area contributed by atoms with Gasteiger partial charge in [0.15, 0.2) is 22.6 Å². The number of hydrogen-bond acceptors (Lipinski definition) is 28. The van der Waals surface area contributed by atoms with E-state index in [1.165, 1.54) is 41.0 Å². The number of hydrogen-bond donors (Lipinski definition) is 10. The van der Waals surface area contributed by atoms with E-state index < -0.39 is 153 Å². The first-order valence-electron chi connectivity index (χ1n) is 23.6. The van der Waals surface area contributed by atoms with Crippen molar-refractivity contribution in [1.82, 2.24) is 58.1 Å². The van der Waals surface area contributed by atoms with Gasteiger partial charge in [0.1, 0.15) is 85.3 Å². The van der Waals surface area contributed by atoms with Crippen LogP contribution in [-0.4, -0.2) is 158 Å². The van der Waals surface area contributed by atoms with Crippen LogP contribution in [0.5, 0.6) is 0 Å². The van der Waals surface area contributed by atoms with E-state index in [2.05, 4.69) is 39.9 Å². The maximum absolute atomic E-state index is 13.9. The van der Waals surface area contributed by atoms with Crippen LogP contribution in [0.25, 0.3) is 22.3 Å². The number of nitrogens with two attached hydrogens (primary N) is 3. The molecule has 3 unspecified atom stereocenters. The molecule has 6 aromatic heterocycles. The van der Waals surface area contributed by atoms with Gasteiger partial charge >= 0.3 is 34.8 Å². The number of ether oxygens (including phenoxy) is 4. The Kier molecular flexibility index (Phi) is 15.7. The number of fused-ring (bicyclic) bond motifs is 2. The normalized spacial score (nSPS) is 29.5. The van der Waals surface area contributed by atoms with Gasteiger partial charge in [-0.2, -0.15) is 9.97 Å². The number of nitrogen functional groups attached to an aromatic ring is 3. The van der Waals surface area contributed by atoms with E-state index in [-0.39, 0.29) is 64.7 Å². The maximum Gasteiger partial charge on any atom is 0.472 e. The van der Waals surface area contributed by atoms with Gasteiger partial charge in [-0.3, -0.25) is 65.0 Å². The molecule has 0 aliphatic carbocycles. The van der Waals surface area contributed by atoms with Crippen LogP contribution in [-0.2, 0) is 59.8 Å². The van der Waals surface area contributed by atoms with Gasteiger partial charge in [0.2, 0.25) is 5.95 Å². The zero-order chi connectivity index (χ0) is 56.3. The number of aryl methyl sites for hydroxylation is 1. The standard InChI is InChI=1S/C39H50N15O22P3/c1-16-8-52(39(60)50-35(16)57)27-6-19(23(72-27)11-68-78(63,64)74-18-5-28(70-21(18)9-55)53-14-45-30-32(41)43-13-44-33(30)53)75-79(65,66)69-12-24-20(7-29(73-24)54-15-46-31-34(54)48-37(42)49-36(31)58)76-77(61,62)67-10-22-17(56)4-26(71-22)51-3-2-25(40)47-38(51)59/h2-3,8,13-15,17-24,26-29,55-56H,4-7,9-12H2,1H3,(H,61,62)(H,63,64)(H,65,66)(H2,40,47,59)(H2,41,43,44)(H,50,57,60)(H3,42,48,49,58)/t17-,18-,19-,20-,21+,22+,23+,24+,26+,27+,28+,29+/m0/s1. The lowest BCUT2D eigenvalue weighted by Crippen LogP contribution is -2.33. The fraction of sp³-hybridized carbons (Fsp3) is 0.538. The lowest BCUT2D eigenvalue weighted by atomic mass is 10.2. The van der Waals surface area contributed by atoms with E-state index in [0.29, 0.717) is 0 Å². The molecule has 428 valence electrons. The zero-order valence-electron chi connectivity index (χ0n) is 40.8. The van der Waals surface area contributed by atoms with Crippen molar-refractivity contribution in [1.29, 1.82) is 0 Å². The Morgan fingerprint density at radius 2 is 1.16 bits per heavy atom. The van der Waals surface area contributed by atoms with Crippen molar-refractivity contribution < 1.29 is 84.7 Å². The molecule has 4 aliphatic heterocycles. The van der Waals surface area contributed by atoms with E-state index in [9.17, 15) is 57.8 Å². The minimum Gasteiger partial charge on any atom is -0.394 e. The molecule has 0 amide bonds. The third kappa shape index (κ3) is 12.2. The SMILES string of the molecule is Cc1cn([C@H]2C[C@H](OP(=O)(O)OC[C@H]3O[C@@H](n4cnc5c(=O)[nH]c(N)nc54)C[C@@H]3OP(=O)(O)OC[C@H]3O[C@@H](n4ccc(N)nc4=O)C[C@@H]3O)[C@@H](COP(=O)(O)O[C@H]3C[C@H](n4cnc5c(N)ncnc54)O[C@@H]3CO)O2)c(=O)[nH]c1=O. The van der Waals surface area contributed by atoms with Crippen molar-refractivity contribution in [3.8, 4) is 0 Å². The predicted octanol–water partition coefficient (Wildman–Crippen LogP) is -2.17. The second kappa shape index (κ2) is 22.1. The van der Waals surface area contributed by atoms with E-state index >= 15 is 0 Å². The van der Waals surface area contributed by atoms with Crippen molar-refractivity contribution in [3.05, 3.63) is 84.7 Å². The third-order valence-corrected chi connectivity index (χ3v) is 16.1. The number of aliphatic hydroxyl groups is 2. The smallest absolute Gasteiger partial charge is 0.394 e. The lowest BCUT2D eigenvalue weighted by molar-refractivity contribution is -0.0631. The lowest BCUT2D eigenvalue weighted by Gasteiger charge is -2.25. The van der Waals surface area contributed by atoms with Gasteiger partial charge in [0, 0.05) is 43.6 Å². The fourth-order valence-electron chi connectivity index (χ4n) is 9.23. The number of anilines is 3. The summed E-state index contributed by atoms with van der Waals surface area (Å²) in [4.78, 5) is 112. The molecule has 40 heteroatoms. The van der Waals surface area contributed by atoms with E-state index in [1.54, 1.807) is 0 Å². The fourth-order valence-corrected chi connectivity index (χ4v) is 12.1. The first kappa shape index (κ1) is 56.2. The summed E-state index contributed by atoms with van der Waals surface area (Å²) in [6, 6.07) is 1.32. The summed E-state index contributed by atoms with van der Waals surface area (Å²) in [7, 11) is -15.8. The topological polar surface area (TPSA) is 520 Å². The molecule has 79 heavy (non-hydrogen) atoms. The molecule has 6 aromatic rings. The van der Waals surface area contributed by atoms with Gasteiger partial charge in [0.05, 0.1) is 45.2 Å². The monoisotopic (exact) mass is 1170 g/mol. The molecule has 0 radical (unpaired) electrons. The average molecular weight is 1170 g/mol. The molecule has 4 fully saturated rings. The number of aliphatic hydroxyl groups excluding tert-OH is 2. The van der Waals surface area contributed by atoms with E-state index in [1.807, 2.05) is 0 Å². The number of aromatic amines is 2. The summed E-state index contributed by atoms with van der Waals surface area (Å²) in [5.74, 6) is -0.291. The molecular weight excluding hydrogens is 1120 g/mol. The molecule has 10 rings (SSSR count).